The second kappa shape index (κ2) is 12.4. The minimum absolute atomic E-state index is 0.0116. The van der Waals surface area contributed by atoms with Crippen LogP contribution >= 0.6 is 23.2 Å². The molecule has 1 fully saturated rings. The van der Waals surface area contributed by atoms with Gasteiger partial charge < -0.3 is 29.9 Å². The lowest BCUT2D eigenvalue weighted by Crippen LogP contribution is -2.47. The summed E-state index contributed by atoms with van der Waals surface area (Å²) in [6.45, 7) is 2.30. The third-order valence-electron chi connectivity index (χ3n) is 6.74. The number of hydrogen-bond donors (Lipinski definition) is 3. The van der Waals surface area contributed by atoms with Gasteiger partial charge in [0.05, 0.1) is 29.2 Å². The first kappa shape index (κ1) is 29.0. The van der Waals surface area contributed by atoms with E-state index in [9.17, 15) is 29.1 Å². The number of carbonyl (C=O) groups excluding carboxylic acids is 1. The Kier molecular flexibility index (Phi) is 9.24. The number of benzene rings is 2. The first-order valence-corrected chi connectivity index (χ1v) is 14.2. The van der Waals surface area contributed by atoms with Gasteiger partial charge in [-0.05, 0) is 42.5 Å². The van der Waals surface area contributed by atoms with Crippen molar-refractivity contribution < 1.29 is 29.1 Å². The molecule has 2 atom stereocenters. The van der Waals surface area contributed by atoms with E-state index in [1.165, 1.54) is 12.1 Å². The minimum Gasteiger partial charge on any atom is -0.611 e. The van der Waals surface area contributed by atoms with Crippen LogP contribution in [-0.2, 0) is 25.6 Å². The number of carboxylic acid groups (broad SMARTS) is 2. The summed E-state index contributed by atoms with van der Waals surface area (Å²) in [5.74, 6) is -4.84. The van der Waals surface area contributed by atoms with Crippen molar-refractivity contribution >= 4 is 52.2 Å². The molecule has 2 aromatic carbocycles. The van der Waals surface area contributed by atoms with E-state index in [-0.39, 0.29) is 56.2 Å². The van der Waals surface area contributed by atoms with Crippen LogP contribution in [0.5, 0.6) is 0 Å². The fraction of sp³-hybridized carbons (Fsp3) is 0.296. The van der Waals surface area contributed by atoms with Crippen LogP contribution in [0.4, 0.5) is 0 Å². The number of nitrogens with zero attached hydrogens (tertiary/aromatic N) is 2. The van der Waals surface area contributed by atoms with Gasteiger partial charge in [-0.3, -0.25) is 4.79 Å². The normalized spacial score (nSPS) is 19.1. The molecule has 0 aromatic heterocycles. The maximum absolute atomic E-state index is 13.3. The summed E-state index contributed by atoms with van der Waals surface area (Å²) in [7, 11) is 1.95. The molecule has 0 saturated carbocycles. The lowest BCUT2D eigenvalue weighted by Gasteiger charge is -2.35. The highest BCUT2D eigenvalue weighted by atomic mass is 35.5. The highest BCUT2D eigenvalue weighted by Gasteiger charge is 2.42. The average Bonchev–Trinajstić information content (AvgIpc) is 2.89. The molecular formula is C27H27Cl2N3O6S. The maximum Gasteiger partial charge on any atom is 0.334 e. The van der Waals surface area contributed by atoms with Gasteiger partial charge in [-0.15, -0.1) is 0 Å². The van der Waals surface area contributed by atoms with E-state index >= 15 is 0 Å². The second-order valence-corrected chi connectivity index (χ2v) is 11.5. The van der Waals surface area contributed by atoms with Crippen LogP contribution in [-0.4, -0.2) is 81.4 Å². The molecule has 2 aliphatic heterocycles. The molecule has 1 amide bonds. The van der Waals surface area contributed by atoms with E-state index < -0.39 is 29.0 Å². The molecule has 39 heavy (non-hydrogen) atoms. The number of nitrogens with one attached hydrogen (secondary N) is 1. The lowest BCUT2D eigenvalue weighted by atomic mass is 9.79. The SMILES string of the molecule is CN1CCN(C(=O)CC2=C(C(=O)O)C(c3c(Cl)cccc3Cl)C(C(=O)O)=C(C[S+]([O-])c3ccccc3)N2)CC1. The number of amides is 1. The topological polar surface area (TPSA) is 133 Å². The molecular weight excluding hydrogens is 565 g/mol. The van der Waals surface area contributed by atoms with E-state index in [0.29, 0.717) is 31.1 Å². The molecule has 4 rings (SSSR count). The van der Waals surface area contributed by atoms with Crippen molar-refractivity contribution in [2.45, 2.75) is 17.2 Å². The first-order chi connectivity index (χ1) is 18.6. The van der Waals surface area contributed by atoms with Gasteiger partial charge in [0.1, 0.15) is 0 Å². The number of likely N-dealkylation sites (N-methyl/N-ethyl adjacent to an activating group) is 1. The number of carbonyl (C=O) groups is 3. The zero-order chi connectivity index (χ0) is 28.3. The summed E-state index contributed by atoms with van der Waals surface area (Å²) in [6.07, 6.45) is -0.321. The molecule has 2 heterocycles. The standard InChI is InChI=1S/C27H27Cl2N3O6S/c1-31-10-12-32(13-11-31)21(33)14-19-23(26(34)35)25(22-17(28)8-5-9-18(22)29)24(27(36)37)20(30-19)15-39(38)16-6-3-2-4-7-16/h2-9,25,30H,10-15H2,1H3,(H,34,35)(H,36,37). The van der Waals surface area contributed by atoms with Crippen LogP contribution < -0.4 is 5.32 Å². The number of hydrogen-bond acceptors (Lipinski definition) is 6. The Morgan fingerprint density at radius 3 is 2.05 bits per heavy atom. The minimum atomic E-state index is -1.68. The summed E-state index contributed by atoms with van der Waals surface area (Å²) in [4.78, 5) is 42.9. The molecule has 2 unspecified atom stereocenters. The second-order valence-electron chi connectivity index (χ2n) is 9.25. The van der Waals surface area contributed by atoms with E-state index in [4.69, 9.17) is 23.2 Å². The Morgan fingerprint density at radius 1 is 0.923 bits per heavy atom. The molecule has 2 aliphatic rings. The van der Waals surface area contributed by atoms with Gasteiger partial charge in [0.15, 0.2) is 10.6 Å². The van der Waals surface area contributed by atoms with Crippen molar-refractivity contribution in [1.82, 2.24) is 15.1 Å². The van der Waals surface area contributed by atoms with Crippen LogP contribution in [0.15, 0.2) is 76.0 Å². The van der Waals surface area contributed by atoms with Crippen molar-refractivity contribution in [2.24, 2.45) is 0 Å². The predicted octanol–water partition coefficient (Wildman–Crippen LogP) is 3.33. The van der Waals surface area contributed by atoms with Crippen molar-refractivity contribution in [3.05, 3.63) is 86.7 Å². The van der Waals surface area contributed by atoms with E-state index in [1.807, 2.05) is 7.05 Å². The van der Waals surface area contributed by atoms with E-state index in [2.05, 4.69) is 10.2 Å². The number of rotatable bonds is 8. The van der Waals surface area contributed by atoms with Gasteiger partial charge in [0.25, 0.3) is 0 Å². The van der Waals surface area contributed by atoms with Crippen LogP contribution in [0.3, 0.4) is 0 Å². The van der Waals surface area contributed by atoms with Crippen molar-refractivity contribution in [3.63, 3.8) is 0 Å². The molecule has 12 heteroatoms. The third-order valence-corrected chi connectivity index (χ3v) is 8.75. The Balaban J connectivity index is 1.84. The summed E-state index contributed by atoms with van der Waals surface area (Å²) in [5, 5.41) is 23.7. The smallest absolute Gasteiger partial charge is 0.334 e. The Morgan fingerprint density at radius 2 is 1.49 bits per heavy atom. The van der Waals surface area contributed by atoms with Crippen LogP contribution in [0.1, 0.15) is 17.9 Å². The monoisotopic (exact) mass is 591 g/mol. The Hall–Kier alpha value is -3.02. The molecule has 2 aromatic rings. The van der Waals surface area contributed by atoms with E-state index in [1.54, 1.807) is 41.3 Å². The van der Waals surface area contributed by atoms with E-state index in [0.717, 1.165) is 0 Å². The molecule has 0 radical (unpaired) electrons. The number of piperazine rings is 1. The first-order valence-electron chi connectivity index (χ1n) is 12.1. The summed E-state index contributed by atoms with van der Waals surface area (Å²) >= 11 is 11.3. The molecule has 1 saturated heterocycles. The Labute approximate surface area is 238 Å². The molecule has 0 bridgehead atoms. The van der Waals surface area contributed by atoms with Gasteiger partial charge in [0, 0.05) is 47.5 Å². The fourth-order valence-electron chi connectivity index (χ4n) is 4.75. The van der Waals surface area contributed by atoms with Gasteiger partial charge in [-0.2, -0.15) is 0 Å². The molecule has 0 spiro atoms. The molecule has 206 valence electrons. The number of dihydropyridines is 1. The fourth-order valence-corrected chi connectivity index (χ4v) is 6.48. The molecule has 0 aliphatic carbocycles. The highest BCUT2D eigenvalue weighted by Crippen LogP contribution is 2.45. The van der Waals surface area contributed by atoms with Crippen molar-refractivity contribution in [3.8, 4) is 0 Å². The lowest BCUT2D eigenvalue weighted by molar-refractivity contribution is -0.133. The average molecular weight is 593 g/mol. The number of halogens is 2. The highest BCUT2D eigenvalue weighted by molar-refractivity contribution is 7.91. The van der Waals surface area contributed by atoms with Gasteiger partial charge in [0.2, 0.25) is 5.91 Å². The van der Waals surface area contributed by atoms with Crippen LogP contribution in [0, 0.1) is 0 Å². The molecule has 3 N–H and O–H groups in total. The third kappa shape index (κ3) is 6.42. The molecule has 9 nitrogen and oxygen atoms in total. The largest absolute Gasteiger partial charge is 0.611 e. The Bertz CT molecular complexity index is 1320. The van der Waals surface area contributed by atoms with Crippen LogP contribution in [0.2, 0.25) is 10.0 Å². The van der Waals surface area contributed by atoms with Crippen molar-refractivity contribution in [2.75, 3.05) is 39.0 Å². The summed E-state index contributed by atoms with van der Waals surface area (Å²) in [6, 6.07) is 13.0. The number of carboxylic acids is 2. The van der Waals surface area contributed by atoms with Crippen LogP contribution in [0.25, 0.3) is 0 Å². The van der Waals surface area contributed by atoms with Gasteiger partial charge >= 0.3 is 11.9 Å². The summed E-state index contributed by atoms with van der Waals surface area (Å²) in [5.41, 5.74) is -0.569. The van der Waals surface area contributed by atoms with Gasteiger partial charge in [-0.25, -0.2) is 9.59 Å². The maximum atomic E-state index is 13.3. The zero-order valence-electron chi connectivity index (χ0n) is 21.0. The zero-order valence-corrected chi connectivity index (χ0v) is 23.4. The quantitative estimate of drug-likeness (QED) is 0.398. The number of aliphatic carboxylic acids is 2. The predicted molar refractivity (Wildman–Crippen MR) is 148 cm³/mol. The summed E-state index contributed by atoms with van der Waals surface area (Å²) < 4.78 is 13.3. The van der Waals surface area contributed by atoms with Crippen molar-refractivity contribution in [1.29, 1.82) is 0 Å². The van der Waals surface area contributed by atoms with Gasteiger partial charge in [-0.1, -0.05) is 47.5 Å².